The van der Waals surface area contributed by atoms with Gasteiger partial charge in [0.25, 0.3) is 0 Å². The molecule has 0 aliphatic carbocycles. The highest BCUT2D eigenvalue weighted by atomic mass is 32.1. The fraction of sp³-hybridized carbons (Fsp3) is 0.364. The van der Waals surface area contributed by atoms with E-state index in [9.17, 15) is 0 Å². The third-order valence-corrected chi connectivity index (χ3v) is 13.8. The van der Waals surface area contributed by atoms with Gasteiger partial charge in [-0.05, 0) is 69.8 Å². The van der Waals surface area contributed by atoms with Crippen LogP contribution in [0.5, 0.6) is 0 Å². The fourth-order valence-electron chi connectivity index (χ4n) is 8.97. The first-order valence-electron chi connectivity index (χ1n) is 27.3. The SMILES string of the molecule is CC(C)(C)c1ccnc2ccccc12.CC(C)(C)c1ccnc2ncccc12.CC(C)(C)c1ncnc2ccccc12.CC(C)(C)c1ncnc2ccoc12.CC(C)(C)c1ncnc2ccsc12.CC(C)(C)c1ncnc2nc[nH]c12. The van der Waals surface area contributed by atoms with Gasteiger partial charge in [-0.1, -0.05) is 161 Å². The molecule has 15 heteroatoms. The first-order valence-corrected chi connectivity index (χ1v) is 28.2. The van der Waals surface area contributed by atoms with Gasteiger partial charge < -0.3 is 9.40 Å². The van der Waals surface area contributed by atoms with Crippen molar-refractivity contribution in [2.45, 2.75) is 157 Å². The Bertz CT molecular complexity index is 3560. The zero-order valence-corrected chi connectivity index (χ0v) is 51.4. The largest absolute Gasteiger partial charge is 0.461 e. The van der Waals surface area contributed by atoms with Gasteiger partial charge in [0.15, 0.2) is 16.9 Å². The van der Waals surface area contributed by atoms with Crippen LogP contribution < -0.4 is 0 Å². The van der Waals surface area contributed by atoms with E-state index >= 15 is 0 Å². The van der Waals surface area contributed by atoms with Crippen LogP contribution in [0.15, 0.2) is 151 Å². The summed E-state index contributed by atoms with van der Waals surface area (Å²) in [7, 11) is 0. The number of pyridine rings is 3. The molecule has 0 saturated carbocycles. The number of hydrogen-bond donors (Lipinski definition) is 1. The summed E-state index contributed by atoms with van der Waals surface area (Å²) in [6, 6.07) is 28.5. The average Bonchev–Trinajstić information content (AvgIpc) is 4.28. The highest BCUT2D eigenvalue weighted by Crippen LogP contribution is 2.33. The molecule has 12 aromatic rings. The van der Waals surface area contributed by atoms with Gasteiger partial charge >= 0.3 is 0 Å². The molecule has 14 nitrogen and oxygen atoms in total. The van der Waals surface area contributed by atoms with Gasteiger partial charge in [0.05, 0.1) is 56.6 Å². The second-order valence-electron chi connectivity index (χ2n) is 25.9. The molecule has 0 radical (unpaired) electrons. The van der Waals surface area contributed by atoms with Gasteiger partial charge in [-0.2, -0.15) is 0 Å². The number of nitrogens with zero attached hydrogens (tertiary/aromatic N) is 12. The maximum Gasteiger partial charge on any atom is 0.180 e. The smallest absolute Gasteiger partial charge is 0.180 e. The second kappa shape index (κ2) is 24.8. The Morgan fingerprint density at radius 2 is 0.852 bits per heavy atom. The molecule has 0 aliphatic rings. The van der Waals surface area contributed by atoms with Crippen LogP contribution in [-0.2, 0) is 32.5 Å². The molecule has 0 unspecified atom stereocenters. The van der Waals surface area contributed by atoms with Gasteiger partial charge in [-0.25, -0.2) is 54.8 Å². The number of para-hydroxylation sites is 2. The Balaban J connectivity index is 0.000000140. The van der Waals surface area contributed by atoms with Crippen LogP contribution in [0.3, 0.4) is 0 Å². The van der Waals surface area contributed by atoms with Crippen molar-refractivity contribution in [3.8, 4) is 0 Å². The van der Waals surface area contributed by atoms with Crippen LogP contribution in [0, 0.1) is 0 Å². The van der Waals surface area contributed by atoms with Crippen molar-refractivity contribution >= 4 is 76.7 Å². The topological polar surface area (TPSA) is 184 Å². The molecule has 2 aromatic carbocycles. The minimum atomic E-state index is -0.000949. The van der Waals surface area contributed by atoms with Crippen LogP contribution in [0.4, 0.5) is 0 Å². The van der Waals surface area contributed by atoms with E-state index in [0.717, 1.165) is 78.0 Å². The zero-order valence-electron chi connectivity index (χ0n) is 50.5. The Morgan fingerprint density at radius 3 is 1.48 bits per heavy atom. The van der Waals surface area contributed by atoms with Crippen LogP contribution >= 0.6 is 11.3 Å². The van der Waals surface area contributed by atoms with E-state index < -0.39 is 0 Å². The molecule has 1 N–H and O–H groups in total. The van der Waals surface area contributed by atoms with E-state index in [0.29, 0.717) is 0 Å². The van der Waals surface area contributed by atoms with E-state index in [-0.39, 0.29) is 32.5 Å². The van der Waals surface area contributed by atoms with Gasteiger partial charge in [0, 0.05) is 62.5 Å². The van der Waals surface area contributed by atoms with E-state index in [1.807, 2.05) is 54.9 Å². The molecule has 0 spiro atoms. The minimum Gasteiger partial charge on any atom is -0.461 e. The Kier molecular flexibility index (Phi) is 18.5. The Hall–Kier alpha value is -8.04. The summed E-state index contributed by atoms with van der Waals surface area (Å²) >= 11 is 1.72. The van der Waals surface area contributed by atoms with Crippen LogP contribution in [0.25, 0.3) is 65.3 Å². The molecule has 0 atom stereocenters. The summed E-state index contributed by atoms with van der Waals surface area (Å²) in [4.78, 5) is 53.9. The van der Waals surface area contributed by atoms with E-state index in [1.54, 1.807) is 55.4 Å². The van der Waals surface area contributed by atoms with Crippen molar-refractivity contribution in [2.24, 2.45) is 0 Å². The lowest BCUT2D eigenvalue weighted by atomic mass is 9.85. The van der Waals surface area contributed by atoms with Gasteiger partial charge in [-0.15, -0.1) is 11.3 Å². The van der Waals surface area contributed by atoms with Crippen molar-refractivity contribution in [1.82, 2.24) is 64.8 Å². The van der Waals surface area contributed by atoms with E-state index in [2.05, 4.69) is 237 Å². The maximum absolute atomic E-state index is 5.35. The molecule has 0 fully saturated rings. The van der Waals surface area contributed by atoms with Gasteiger partial charge in [-0.3, -0.25) is 4.98 Å². The molecule has 0 aliphatic heterocycles. The highest BCUT2D eigenvalue weighted by Gasteiger charge is 2.23. The highest BCUT2D eigenvalue weighted by molar-refractivity contribution is 7.17. The fourth-order valence-corrected chi connectivity index (χ4v) is 10.0. The number of hydrogen-bond acceptors (Lipinski definition) is 14. The number of aromatic amines is 1. The predicted octanol–water partition coefficient (Wildman–Crippen LogP) is 16.5. The van der Waals surface area contributed by atoms with Crippen molar-refractivity contribution in [2.75, 3.05) is 0 Å². The number of furan rings is 1. The molecule has 420 valence electrons. The summed E-state index contributed by atoms with van der Waals surface area (Å²) in [6.45, 7) is 39.0. The predicted molar refractivity (Wildman–Crippen MR) is 334 cm³/mol. The monoisotopic (exact) mass is 1100 g/mol. The number of fused-ring (bicyclic) bond motifs is 6. The number of aromatic nitrogens is 13. The van der Waals surface area contributed by atoms with Crippen LogP contribution in [0.1, 0.15) is 159 Å². The third kappa shape index (κ3) is 15.5. The number of rotatable bonds is 0. The van der Waals surface area contributed by atoms with Crippen LogP contribution in [0.2, 0.25) is 0 Å². The first kappa shape index (κ1) is 60.6. The molecular weight excluding hydrogens is 1020 g/mol. The summed E-state index contributed by atoms with van der Waals surface area (Å²) in [5.74, 6) is 0. The van der Waals surface area contributed by atoms with Crippen LogP contribution in [-0.4, -0.2) is 64.8 Å². The number of benzene rings is 2. The maximum atomic E-state index is 5.35. The minimum absolute atomic E-state index is 0.000949. The lowest BCUT2D eigenvalue weighted by Gasteiger charge is -2.20. The van der Waals surface area contributed by atoms with Crippen molar-refractivity contribution in [1.29, 1.82) is 0 Å². The molecule has 10 aromatic heterocycles. The van der Waals surface area contributed by atoms with Gasteiger partial charge in [0.2, 0.25) is 0 Å². The standard InChI is InChI=1S/C13H15N.2C12H14N2.C10H12N2O.C10H12N2S.C9H12N4/c1-13(2,3)11-8-9-14-12-7-5-4-6-10(11)12;1-12(2,3)10-6-8-14-11-9(10)5-4-7-13-11;1-12(2,3)11-9-6-4-5-7-10(9)13-8-14-11;2*1-10(2,3)9-8-7(4-5-13-8)11-6-12-9;1-9(2,3)7-6-8(12-4-10-6)13-5-11-7/h4-9H,1-3H3;2*4-8H,1-3H3;2*4-6H,1-3H3;4-5H,1-3H3,(H,10,11,12,13). The zero-order chi connectivity index (χ0) is 59.0. The second-order valence-corrected chi connectivity index (χ2v) is 26.8. The molecular formula is C66H79N13OS. The Morgan fingerprint density at radius 1 is 0.358 bits per heavy atom. The van der Waals surface area contributed by atoms with Crippen molar-refractivity contribution in [3.63, 3.8) is 0 Å². The lowest BCUT2D eigenvalue weighted by molar-refractivity contribution is 0.540. The number of H-pyrrole nitrogens is 1. The van der Waals surface area contributed by atoms with E-state index in [4.69, 9.17) is 4.42 Å². The molecule has 81 heavy (non-hydrogen) atoms. The lowest BCUT2D eigenvalue weighted by Crippen LogP contribution is -2.14. The number of thiophene rings is 1. The van der Waals surface area contributed by atoms with Crippen molar-refractivity contribution < 1.29 is 4.42 Å². The molecule has 0 saturated heterocycles. The molecule has 12 rings (SSSR count). The number of imidazole rings is 1. The first-order chi connectivity index (χ1) is 38.0. The molecule has 0 amide bonds. The average molecular weight is 1100 g/mol. The number of nitrogens with one attached hydrogen (secondary N) is 1. The Labute approximate surface area is 481 Å². The molecule has 10 heterocycles. The normalized spacial score (nSPS) is 12.1. The van der Waals surface area contributed by atoms with Crippen molar-refractivity contribution in [3.05, 3.63) is 181 Å². The summed E-state index contributed by atoms with van der Waals surface area (Å²) in [5.41, 5.74) is 14.8. The van der Waals surface area contributed by atoms with Gasteiger partial charge in [0.1, 0.15) is 36.3 Å². The summed E-state index contributed by atoms with van der Waals surface area (Å²) in [6.07, 6.45) is 15.2. The molecule has 0 bridgehead atoms. The van der Waals surface area contributed by atoms with E-state index in [1.165, 1.54) is 21.2 Å². The summed E-state index contributed by atoms with van der Waals surface area (Å²) in [5, 5.41) is 5.64. The summed E-state index contributed by atoms with van der Waals surface area (Å²) < 4.78 is 6.57. The quantitative estimate of drug-likeness (QED) is 0.151. The third-order valence-electron chi connectivity index (χ3n) is 12.9.